The fourth-order valence-corrected chi connectivity index (χ4v) is 0.562. The molecule has 0 saturated carbocycles. The third kappa shape index (κ3) is 2.30. The largest absolute Gasteiger partial charge is 0.480 e. The summed E-state index contributed by atoms with van der Waals surface area (Å²) in [6.07, 6.45) is 0. The second-order valence-corrected chi connectivity index (χ2v) is 2.16. The summed E-state index contributed by atoms with van der Waals surface area (Å²) in [5.41, 5.74) is 6.84. The van der Waals surface area contributed by atoms with Gasteiger partial charge in [0, 0.05) is 0 Å². The molecule has 0 aliphatic rings. The molecule has 0 rings (SSSR count). The first-order chi connectivity index (χ1) is 4.63. The van der Waals surface area contributed by atoms with Crippen LogP contribution in [0.5, 0.6) is 0 Å². The average molecular weight is 148 g/mol. The molecule has 0 spiro atoms. The van der Waals surface area contributed by atoms with E-state index in [9.17, 15) is 4.79 Å². The van der Waals surface area contributed by atoms with Crippen LogP contribution in [-0.2, 0) is 4.79 Å². The molecule has 5 nitrogen and oxygen atoms in total. The van der Waals surface area contributed by atoms with E-state index in [1.54, 1.807) is 12.4 Å². The van der Waals surface area contributed by atoms with Crippen molar-refractivity contribution in [3.05, 3.63) is 0 Å². The molecule has 5 heteroatoms. The van der Waals surface area contributed by atoms with Crippen molar-refractivity contribution >= 4 is 5.97 Å². The lowest BCUT2D eigenvalue weighted by molar-refractivity contribution is -0.144. The predicted octanol–water partition coefficient (Wildman–Crippen LogP) is -0.987. The second-order valence-electron chi connectivity index (χ2n) is 2.16. The number of carboxylic acids is 1. The fourth-order valence-electron chi connectivity index (χ4n) is 0.562. The van der Waals surface area contributed by atoms with Gasteiger partial charge in [-0.15, -0.1) is 0 Å². The zero-order valence-electron chi connectivity index (χ0n) is 5.74. The van der Waals surface area contributed by atoms with E-state index in [0.717, 1.165) is 0 Å². The van der Waals surface area contributed by atoms with Crippen LogP contribution >= 0.6 is 0 Å². The number of hydrogen-bond donors (Lipinski definition) is 4. The highest BCUT2D eigenvalue weighted by Crippen LogP contribution is 1.99. The van der Waals surface area contributed by atoms with Crippen LogP contribution in [0.4, 0.5) is 0 Å². The van der Waals surface area contributed by atoms with Gasteiger partial charge in [0.2, 0.25) is 0 Å². The Morgan fingerprint density at radius 2 is 2.30 bits per heavy atom. The van der Waals surface area contributed by atoms with E-state index >= 15 is 0 Å². The van der Waals surface area contributed by atoms with E-state index in [0.29, 0.717) is 0 Å². The van der Waals surface area contributed by atoms with E-state index in [2.05, 4.69) is 0 Å². The van der Waals surface area contributed by atoms with E-state index < -0.39 is 12.0 Å². The number of carboxylic acid groups (broad SMARTS) is 1. The molecule has 1 unspecified atom stereocenters. The van der Waals surface area contributed by atoms with Crippen molar-refractivity contribution < 1.29 is 15.1 Å². The molecule has 0 fully saturated rings. The van der Waals surface area contributed by atoms with Crippen LogP contribution in [0.25, 0.3) is 0 Å². The van der Waals surface area contributed by atoms with Crippen LogP contribution in [-0.4, -0.2) is 28.9 Å². The molecule has 0 amide bonds. The van der Waals surface area contributed by atoms with Gasteiger partial charge in [-0.25, -0.2) is 0 Å². The molecule has 10 heavy (non-hydrogen) atoms. The quantitative estimate of drug-likeness (QED) is 0.384. The Kier molecular flexibility index (Phi) is 3.94. The number of carbonyl (C=O) groups is 1. The lowest BCUT2D eigenvalue weighted by atomic mass is 10.0. The Bertz CT molecular complexity index is 117. The van der Waals surface area contributed by atoms with Gasteiger partial charge in [0.1, 0.15) is 6.04 Å². The molecule has 0 aromatic heterocycles. The van der Waals surface area contributed by atoms with Crippen molar-refractivity contribution in [1.82, 2.24) is 5.48 Å². The summed E-state index contributed by atoms with van der Waals surface area (Å²) in [7, 11) is 0. The number of hydrogen-bond acceptors (Lipinski definition) is 4. The monoisotopic (exact) mass is 148 g/mol. The highest BCUT2D eigenvalue weighted by molar-refractivity contribution is 5.73. The first kappa shape index (κ1) is 9.35. The molecule has 0 aromatic carbocycles. The van der Waals surface area contributed by atoms with Crippen molar-refractivity contribution in [3.63, 3.8) is 0 Å². The third-order valence-corrected chi connectivity index (χ3v) is 1.35. The van der Waals surface area contributed by atoms with Crippen LogP contribution in [0.3, 0.4) is 0 Å². The molecule has 0 aromatic rings. The zero-order valence-corrected chi connectivity index (χ0v) is 5.74. The number of nitrogens with two attached hydrogens (primary N) is 1. The zero-order chi connectivity index (χ0) is 8.15. The first-order valence-corrected chi connectivity index (χ1v) is 2.96. The van der Waals surface area contributed by atoms with Crippen molar-refractivity contribution in [2.75, 3.05) is 6.54 Å². The van der Waals surface area contributed by atoms with E-state index in [1.165, 1.54) is 0 Å². The lowest BCUT2D eigenvalue weighted by Gasteiger charge is -2.15. The van der Waals surface area contributed by atoms with Gasteiger partial charge in [0.15, 0.2) is 0 Å². The summed E-state index contributed by atoms with van der Waals surface area (Å²) in [4.78, 5) is 10.3. The van der Waals surface area contributed by atoms with Gasteiger partial charge in [0.05, 0.1) is 0 Å². The Balaban J connectivity index is 3.92. The number of aliphatic carboxylic acids is 1. The van der Waals surface area contributed by atoms with Gasteiger partial charge < -0.3 is 16.0 Å². The van der Waals surface area contributed by atoms with E-state index in [1.807, 2.05) is 0 Å². The first-order valence-electron chi connectivity index (χ1n) is 2.96. The van der Waals surface area contributed by atoms with Crippen molar-refractivity contribution in [1.29, 1.82) is 0 Å². The average Bonchev–Trinajstić information content (AvgIpc) is 1.88. The van der Waals surface area contributed by atoms with Gasteiger partial charge in [-0.1, -0.05) is 6.92 Å². The van der Waals surface area contributed by atoms with Crippen LogP contribution in [0.1, 0.15) is 6.92 Å². The molecule has 0 radical (unpaired) electrons. The van der Waals surface area contributed by atoms with Crippen LogP contribution in [0, 0.1) is 5.92 Å². The SMILES string of the molecule is CC(CN)[C@H](NO)C(=O)O. The maximum Gasteiger partial charge on any atom is 0.323 e. The summed E-state index contributed by atoms with van der Waals surface area (Å²) in [6.45, 7) is 1.87. The van der Waals surface area contributed by atoms with Gasteiger partial charge in [0.25, 0.3) is 0 Å². The number of hydroxylamine groups is 1. The standard InChI is InChI=1S/C5H12N2O3/c1-3(2-6)4(7-10)5(8)9/h3-4,7,10H,2,6H2,1H3,(H,8,9)/t3?,4-/m0/s1. The molecule has 0 aliphatic heterocycles. The summed E-state index contributed by atoms with van der Waals surface area (Å²) < 4.78 is 0. The third-order valence-electron chi connectivity index (χ3n) is 1.35. The highest BCUT2D eigenvalue weighted by atomic mass is 16.5. The van der Waals surface area contributed by atoms with Crippen LogP contribution in [0.2, 0.25) is 0 Å². The van der Waals surface area contributed by atoms with Crippen LogP contribution < -0.4 is 11.2 Å². The maximum atomic E-state index is 10.3. The predicted molar refractivity (Wildman–Crippen MR) is 34.6 cm³/mol. The minimum Gasteiger partial charge on any atom is -0.480 e. The summed E-state index contributed by atoms with van der Waals surface area (Å²) in [5, 5.41) is 16.7. The van der Waals surface area contributed by atoms with Gasteiger partial charge in [-0.3, -0.25) is 4.79 Å². The molecule has 5 N–H and O–H groups in total. The van der Waals surface area contributed by atoms with Gasteiger partial charge >= 0.3 is 5.97 Å². The summed E-state index contributed by atoms with van der Waals surface area (Å²) in [5.74, 6) is -1.37. The molecule has 60 valence electrons. The minimum absolute atomic E-state index is 0.227. The van der Waals surface area contributed by atoms with Crippen molar-refractivity contribution in [2.24, 2.45) is 11.7 Å². The molecule has 2 atom stereocenters. The maximum absolute atomic E-state index is 10.3. The molecule has 0 aliphatic carbocycles. The summed E-state index contributed by atoms with van der Waals surface area (Å²) >= 11 is 0. The lowest BCUT2D eigenvalue weighted by Crippen LogP contribution is -2.42. The number of nitrogens with one attached hydrogen (secondary N) is 1. The molecular weight excluding hydrogens is 136 g/mol. The molecular formula is C5H12N2O3. The molecule has 0 bridgehead atoms. The highest BCUT2D eigenvalue weighted by Gasteiger charge is 2.21. The Morgan fingerprint density at radius 1 is 1.80 bits per heavy atom. The summed E-state index contributed by atoms with van der Waals surface area (Å²) in [6, 6.07) is -0.968. The Labute approximate surface area is 58.8 Å². The molecule has 0 heterocycles. The topological polar surface area (TPSA) is 95.6 Å². The molecule has 0 saturated heterocycles. The van der Waals surface area contributed by atoms with Crippen molar-refractivity contribution in [2.45, 2.75) is 13.0 Å². The van der Waals surface area contributed by atoms with Crippen LogP contribution in [0.15, 0.2) is 0 Å². The van der Waals surface area contributed by atoms with Crippen molar-refractivity contribution in [3.8, 4) is 0 Å². The van der Waals surface area contributed by atoms with Gasteiger partial charge in [-0.05, 0) is 12.5 Å². The van der Waals surface area contributed by atoms with E-state index in [4.69, 9.17) is 16.0 Å². The second kappa shape index (κ2) is 4.21. The van der Waals surface area contributed by atoms with Gasteiger partial charge in [-0.2, -0.15) is 5.48 Å². The fraction of sp³-hybridized carbons (Fsp3) is 0.800. The smallest absolute Gasteiger partial charge is 0.323 e. The number of rotatable bonds is 4. The van der Waals surface area contributed by atoms with E-state index in [-0.39, 0.29) is 12.5 Å². The Hall–Kier alpha value is -0.650. The normalized spacial score (nSPS) is 16.3. The minimum atomic E-state index is -1.10. The Morgan fingerprint density at radius 3 is 2.40 bits per heavy atom.